The molecule has 1 heterocycles. The van der Waals surface area contributed by atoms with Crippen LogP contribution in [0.3, 0.4) is 0 Å². The molecule has 2 N–H and O–H groups in total. The molecule has 1 atom stereocenters. The number of aromatic nitrogens is 2. The number of nitrogens with two attached hydrogens (primary N) is 1. The standard InChI is InChI=1S/C15H20FN3/c1-3-5-15-18-8-9-19(15)14-7-4-6-13(16)12(14)10-11(2)17/h4,6-9,11H,3,5,10,17H2,1-2H3. The van der Waals surface area contributed by atoms with Gasteiger partial charge in [-0.25, -0.2) is 9.37 Å². The molecule has 0 bridgehead atoms. The number of hydrogen-bond donors (Lipinski definition) is 1. The largest absolute Gasteiger partial charge is 0.328 e. The molecule has 2 aromatic rings. The lowest BCUT2D eigenvalue weighted by Gasteiger charge is -2.15. The van der Waals surface area contributed by atoms with Gasteiger partial charge in [-0.15, -0.1) is 0 Å². The molecule has 1 unspecified atom stereocenters. The molecule has 2 rings (SSSR count). The summed E-state index contributed by atoms with van der Waals surface area (Å²) in [4.78, 5) is 4.34. The Balaban J connectivity index is 2.49. The first-order valence-corrected chi connectivity index (χ1v) is 6.69. The van der Waals surface area contributed by atoms with Gasteiger partial charge in [0.1, 0.15) is 11.6 Å². The fourth-order valence-electron chi connectivity index (χ4n) is 2.26. The average molecular weight is 261 g/mol. The first-order valence-electron chi connectivity index (χ1n) is 6.69. The van der Waals surface area contributed by atoms with Crippen LogP contribution in [0.2, 0.25) is 0 Å². The number of nitrogens with zero attached hydrogens (tertiary/aromatic N) is 2. The average Bonchev–Trinajstić information content (AvgIpc) is 2.80. The van der Waals surface area contributed by atoms with Crippen LogP contribution in [0.1, 0.15) is 31.7 Å². The Bertz CT molecular complexity index is 546. The van der Waals surface area contributed by atoms with Crippen LogP contribution in [0.15, 0.2) is 30.6 Å². The molecule has 0 aliphatic heterocycles. The van der Waals surface area contributed by atoms with Gasteiger partial charge in [0.05, 0.1) is 5.69 Å². The van der Waals surface area contributed by atoms with Gasteiger partial charge in [0, 0.05) is 30.4 Å². The molecule has 19 heavy (non-hydrogen) atoms. The molecule has 1 aromatic carbocycles. The van der Waals surface area contributed by atoms with Crippen LogP contribution >= 0.6 is 0 Å². The lowest BCUT2D eigenvalue weighted by atomic mass is 10.0. The summed E-state index contributed by atoms with van der Waals surface area (Å²) in [6, 6.07) is 5.05. The van der Waals surface area contributed by atoms with Gasteiger partial charge in [0.2, 0.25) is 0 Å². The second kappa shape index (κ2) is 5.97. The van der Waals surface area contributed by atoms with Crippen LogP contribution in [0, 0.1) is 5.82 Å². The summed E-state index contributed by atoms with van der Waals surface area (Å²) in [7, 11) is 0. The zero-order chi connectivity index (χ0) is 13.8. The smallest absolute Gasteiger partial charge is 0.128 e. The maximum Gasteiger partial charge on any atom is 0.128 e. The summed E-state index contributed by atoms with van der Waals surface area (Å²) < 4.78 is 16.0. The molecule has 0 aliphatic rings. The third-order valence-corrected chi connectivity index (χ3v) is 3.07. The Morgan fingerprint density at radius 1 is 1.42 bits per heavy atom. The lowest BCUT2D eigenvalue weighted by Crippen LogP contribution is -2.20. The van der Waals surface area contributed by atoms with Crippen molar-refractivity contribution in [2.24, 2.45) is 5.73 Å². The molecule has 0 amide bonds. The molecular weight excluding hydrogens is 241 g/mol. The van der Waals surface area contributed by atoms with E-state index in [9.17, 15) is 4.39 Å². The van der Waals surface area contributed by atoms with E-state index in [0.717, 1.165) is 24.4 Å². The van der Waals surface area contributed by atoms with Gasteiger partial charge in [-0.2, -0.15) is 0 Å². The second-order valence-electron chi connectivity index (χ2n) is 4.88. The Morgan fingerprint density at radius 3 is 2.89 bits per heavy atom. The lowest BCUT2D eigenvalue weighted by molar-refractivity contribution is 0.593. The second-order valence-corrected chi connectivity index (χ2v) is 4.88. The molecule has 4 heteroatoms. The van der Waals surface area contributed by atoms with Crippen molar-refractivity contribution in [2.75, 3.05) is 0 Å². The first kappa shape index (κ1) is 13.7. The third-order valence-electron chi connectivity index (χ3n) is 3.07. The molecule has 0 saturated carbocycles. The molecule has 0 aliphatic carbocycles. The summed E-state index contributed by atoms with van der Waals surface area (Å²) in [6.45, 7) is 3.99. The van der Waals surface area contributed by atoms with Crippen LogP contribution < -0.4 is 5.73 Å². The van der Waals surface area contributed by atoms with Gasteiger partial charge in [0.25, 0.3) is 0 Å². The van der Waals surface area contributed by atoms with E-state index < -0.39 is 0 Å². The number of benzene rings is 1. The normalized spacial score (nSPS) is 12.6. The minimum absolute atomic E-state index is 0.0752. The van der Waals surface area contributed by atoms with E-state index in [2.05, 4.69) is 11.9 Å². The van der Waals surface area contributed by atoms with E-state index in [1.165, 1.54) is 6.07 Å². The molecule has 0 saturated heterocycles. The van der Waals surface area contributed by atoms with Crippen LogP contribution in [0.5, 0.6) is 0 Å². The molecule has 0 fully saturated rings. The Labute approximate surface area is 113 Å². The van der Waals surface area contributed by atoms with Crippen LogP contribution in [0.4, 0.5) is 4.39 Å². The van der Waals surface area contributed by atoms with Crippen LogP contribution in [0.25, 0.3) is 5.69 Å². The molecule has 1 aromatic heterocycles. The molecule has 0 spiro atoms. The SMILES string of the molecule is CCCc1nccn1-c1cccc(F)c1CC(C)N. The van der Waals surface area contributed by atoms with E-state index >= 15 is 0 Å². The molecule has 3 nitrogen and oxygen atoms in total. The Morgan fingerprint density at radius 2 is 2.21 bits per heavy atom. The zero-order valence-corrected chi connectivity index (χ0v) is 11.4. The number of rotatable bonds is 5. The van der Waals surface area contributed by atoms with E-state index in [-0.39, 0.29) is 11.9 Å². The highest BCUT2D eigenvalue weighted by Gasteiger charge is 2.13. The molecule has 102 valence electrons. The maximum absolute atomic E-state index is 14.0. The van der Waals surface area contributed by atoms with Crippen molar-refractivity contribution in [2.45, 2.75) is 39.2 Å². The maximum atomic E-state index is 14.0. The highest BCUT2D eigenvalue weighted by molar-refractivity contribution is 5.43. The Kier molecular flexibility index (Phi) is 4.32. The zero-order valence-electron chi connectivity index (χ0n) is 11.4. The quantitative estimate of drug-likeness (QED) is 0.899. The van der Waals surface area contributed by atoms with Gasteiger partial charge in [-0.05, 0) is 31.9 Å². The summed E-state index contributed by atoms with van der Waals surface area (Å²) in [5, 5.41) is 0. The summed E-state index contributed by atoms with van der Waals surface area (Å²) in [5.41, 5.74) is 7.33. The molecular formula is C15H20FN3. The minimum Gasteiger partial charge on any atom is -0.328 e. The number of halogens is 1. The third kappa shape index (κ3) is 3.01. The van der Waals surface area contributed by atoms with E-state index in [1.54, 1.807) is 12.3 Å². The predicted octanol–water partition coefficient (Wildman–Crippen LogP) is 2.85. The van der Waals surface area contributed by atoms with Crippen molar-refractivity contribution in [3.05, 3.63) is 47.8 Å². The first-order chi connectivity index (χ1) is 9.13. The highest BCUT2D eigenvalue weighted by Crippen LogP contribution is 2.21. The summed E-state index contributed by atoms with van der Waals surface area (Å²) in [6.07, 6.45) is 6.04. The van der Waals surface area contributed by atoms with Crippen molar-refractivity contribution in [1.82, 2.24) is 9.55 Å². The highest BCUT2D eigenvalue weighted by atomic mass is 19.1. The fraction of sp³-hybridized carbons (Fsp3) is 0.400. The molecule has 0 radical (unpaired) electrons. The minimum atomic E-state index is -0.203. The van der Waals surface area contributed by atoms with Gasteiger partial charge >= 0.3 is 0 Å². The van der Waals surface area contributed by atoms with Gasteiger partial charge in [0.15, 0.2) is 0 Å². The van der Waals surface area contributed by atoms with Gasteiger partial charge in [-0.1, -0.05) is 13.0 Å². The van der Waals surface area contributed by atoms with Crippen LogP contribution in [-0.2, 0) is 12.8 Å². The topological polar surface area (TPSA) is 43.8 Å². The van der Waals surface area contributed by atoms with Crippen molar-refractivity contribution in [1.29, 1.82) is 0 Å². The van der Waals surface area contributed by atoms with Crippen molar-refractivity contribution < 1.29 is 4.39 Å². The monoisotopic (exact) mass is 261 g/mol. The fourth-order valence-corrected chi connectivity index (χ4v) is 2.26. The number of aryl methyl sites for hydroxylation is 1. The van der Waals surface area contributed by atoms with E-state index in [4.69, 9.17) is 5.73 Å². The van der Waals surface area contributed by atoms with E-state index in [1.807, 2.05) is 23.8 Å². The van der Waals surface area contributed by atoms with Crippen molar-refractivity contribution in [3.8, 4) is 5.69 Å². The Hall–Kier alpha value is -1.68. The van der Waals surface area contributed by atoms with Crippen molar-refractivity contribution in [3.63, 3.8) is 0 Å². The number of hydrogen-bond acceptors (Lipinski definition) is 2. The summed E-state index contributed by atoms with van der Waals surface area (Å²) >= 11 is 0. The summed E-state index contributed by atoms with van der Waals surface area (Å²) in [5.74, 6) is 0.755. The van der Waals surface area contributed by atoms with Crippen molar-refractivity contribution >= 4 is 0 Å². The predicted molar refractivity (Wildman–Crippen MR) is 74.9 cm³/mol. The van der Waals surface area contributed by atoms with Gasteiger partial charge < -0.3 is 10.3 Å². The number of imidazole rings is 1. The van der Waals surface area contributed by atoms with Crippen LogP contribution in [-0.4, -0.2) is 15.6 Å². The van der Waals surface area contributed by atoms with Gasteiger partial charge in [-0.3, -0.25) is 0 Å². The van der Waals surface area contributed by atoms with E-state index in [0.29, 0.717) is 12.0 Å².